The maximum absolute atomic E-state index is 12.8. The van der Waals surface area contributed by atoms with Crippen LogP contribution in [-0.4, -0.2) is 34.3 Å². The van der Waals surface area contributed by atoms with Gasteiger partial charge in [0.05, 0.1) is 0 Å². The van der Waals surface area contributed by atoms with Crippen LogP contribution in [0, 0.1) is 5.92 Å². The number of hydrogen-bond donors (Lipinski definition) is 1. The lowest BCUT2D eigenvalue weighted by atomic mass is 9.89. The van der Waals surface area contributed by atoms with Gasteiger partial charge in [0, 0.05) is 6.04 Å². The first kappa shape index (κ1) is 18.0. The molecule has 4 nitrogen and oxygen atoms in total. The van der Waals surface area contributed by atoms with Gasteiger partial charge in [0.15, 0.2) is 0 Å². The first-order valence-electron chi connectivity index (χ1n) is 8.41. The van der Waals surface area contributed by atoms with Gasteiger partial charge in [0.1, 0.15) is 11.6 Å². The average Bonchev–Trinajstić information content (AvgIpc) is 2.41. The summed E-state index contributed by atoms with van der Waals surface area (Å²) in [6.45, 7) is 12.3. The molecule has 0 saturated carbocycles. The summed E-state index contributed by atoms with van der Waals surface area (Å²) in [7, 11) is 0. The molecule has 0 aromatic carbocycles. The van der Waals surface area contributed by atoms with E-state index in [0.717, 1.165) is 12.8 Å². The van der Waals surface area contributed by atoms with Gasteiger partial charge in [-0.05, 0) is 39.0 Å². The summed E-state index contributed by atoms with van der Waals surface area (Å²) in [6, 6.07) is -0.190. The molecule has 0 radical (unpaired) electrons. The van der Waals surface area contributed by atoms with Crippen LogP contribution in [0.5, 0.6) is 0 Å². The molecule has 1 rings (SSSR count). The van der Waals surface area contributed by atoms with Crippen molar-refractivity contribution in [3.05, 3.63) is 0 Å². The second kappa shape index (κ2) is 7.28. The summed E-state index contributed by atoms with van der Waals surface area (Å²) in [5, 5.41) is 2.92. The Bertz CT molecular complexity index is 381. The third kappa shape index (κ3) is 3.98. The van der Waals surface area contributed by atoms with Crippen molar-refractivity contribution in [3.63, 3.8) is 0 Å². The van der Waals surface area contributed by atoms with Gasteiger partial charge in [0.25, 0.3) is 0 Å². The Morgan fingerprint density at radius 2 is 1.81 bits per heavy atom. The van der Waals surface area contributed by atoms with E-state index in [0.29, 0.717) is 18.8 Å². The van der Waals surface area contributed by atoms with E-state index in [-0.39, 0.29) is 23.9 Å². The minimum Gasteiger partial charge on any atom is -0.340 e. The zero-order valence-electron chi connectivity index (χ0n) is 14.5. The molecular formula is C17H32N2O2. The molecule has 3 atom stereocenters. The summed E-state index contributed by atoms with van der Waals surface area (Å²) in [4.78, 5) is 27.0. The van der Waals surface area contributed by atoms with Gasteiger partial charge in [-0.2, -0.15) is 0 Å². The smallest absolute Gasteiger partial charge is 0.248 e. The lowest BCUT2D eigenvalue weighted by Gasteiger charge is -2.46. The Morgan fingerprint density at radius 3 is 2.29 bits per heavy atom. The Kier molecular flexibility index (Phi) is 6.24. The van der Waals surface area contributed by atoms with E-state index in [9.17, 15) is 9.59 Å². The molecule has 0 aromatic rings. The molecule has 0 aliphatic carbocycles. The molecule has 1 fully saturated rings. The number of carbonyl (C=O) groups is 2. The molecule has 1 aliphatic heterocycles. The molecule has 2 amide bonds. The molecule has 1 aliphatic rings. The van der Waals surface area contributed by atoms with Gasteiger partial charge in [-0.3, -0.25) is 9.59 Å². The molecule has 0 spiro atoms. The molecule has 4 heteroatoms. The van der Waals surface area contributed by atoms with Crippen molar-refractivity contribution in [2.75, 3.05) is 0 Å². The van der Waals surface area contributed by atoms with Gasteiger partial charge >= 0.3 is 0 Å². The highest BCUT2D eigenvalue weighted by Gasteiger charge is 2.47. The van der Waals surface area contributed by atoms with Gasteiger partial charge in [-0.1, -0.05) is 40.5 Å². The van der Waals surface area contributed by atoms with Crippen LogP contribution in [0.3, 0.4) is 0 Å². The van der Waals surface area contributed by atoms with Crippen LogP contribution in [0.15, 0.2) is 0 Å². The fourth-order valence-corrected chi connectivity index (χ4v) is 3.05. The Balaban J connectivity index is 2.86. The van der Waals surface area contributed by atoms with E-state index in [1.165, 1.54) is 6.42 Å². The molecule has 1 heterocycles. The third-order valence-corrected chi connectivity index (χ3v) is 4.72. The maximum atomic E-state index is 12.8. The van der Waals surface area contributed by atoms with Crippen molar-refractivity contribution in [2.24, 2.45) is 5.92 Å². The largest absolute Gasteiger partial charge is 0.340 e. The lowest BCUT2D eigenvalue weighted by molar-refractivity contribution is -0.157. The summed E-state index contributed by atoms with van der Waals surface area (Å²) < 4.78 is 0. The van der Waals surface area contributed by atoms with Gasteiger partial charge in [-0.25, -0.2) is 0 Å². The molecule has 122 valence electrons. The minimum absolute atomic E-state index is 0.00263. The monoisotopic (exact) mass is 296 g/mol. The van der Waals surface area contributed by atoms with Gasteiger partial charge < -0.3 is 10.2 Å². The molecule has 0 bridgehead atoms. The fraction of sp³-hybridized carbons (Fsp3) is 0.882. The van der Waals surface area contributed by atoms with Crippen LogP contribution in [0.4, 0.5) is 0 Å². The summed E-state index contributed by atoms with van der Waals surface area (Å²) in [5.41, 5.74) is -0.741. The van der Waals surface area contributed by atoms with E-state index < -0.39 is 5.54 Å². The Labute approximate surface area is 129 Å². The van der Waals surface area contributed by atoms with E-state index >= 15 is 0 Å². The molecule has 3 unspecified atom stereocenters. The van der Waals surface area contributed by atoms with Crippen molar-refractivity contribution in [2.45, 2.75) is 91.3 Å². The predicted octanol–water partition coefficient (Wildman–Crippen LogP) is 3.11. The van der Waals surface area contributed by atoms with E-state index in [1.54, 1.807) is 0 Å². The molecular weight excluding hydrogens is 264 g/mol. The second-order valence-electron chi connectivity index (χ2n) is 6.99. The van der Waals surface area contributed by atoms with Crippen molar-refractivity contribution in [1.82, 2.24) is 10.2 Å². The van der Waals surface area contributed by atoms with Gasteiger partial charge in [0.2, 0.25) is 11.8 Å². The van der Waals surface area contributed by atoms with Gasteiger partial charge in [-0.15, -0.1) is 0 Å². The number of piperazine rings is 1. The number of carbonyl (C=O) groups excluding carboxylic acids is 2. The SMILES string of the molecule is CCC1C(=O)NC(C)(CC)C(=O)N1C(C)CCCC(C)C. The fourth-order valence-electron chi connectivity index (χ4n) is 3.05. The first-order chi connectivity index (χ1) is 9.76. The number of nitrogens with zero attached hydrogens (tertiary/aromatic N) is 1. The minimum atomic E-state index is -0.741. The highest BCUT2D eigenvalue weighted by Crippen LogP contribution is 2.26. The number of amides is 2. The van der Waals surface area contributed by atoms with Crippen LogP contribution in [0.25, 0.3) is 0 Å². The highest BCUT2D eigenvalue weighted by molar-refractivity contribution is 5.99. The zero-order valence-corrected chi connectivity index (χ0v) is 14.5. The van der Waals surface area contributed by atoms with Crippen LogP contribution in [-0.2, 0) is 9.59 Å². The molecule has 21 heavy (non-hydrogen) atoms. The lowest BCUT2D eigenvalue weighted by Crippen LogP contribution is -2.70. The van der Waals surface area contributed by atoms with Crippen molar-refractivity contribution in [3.8, 4) is 0 Å². The number of nitrogens with one attached hydrogen (secondary N) is 1. The third-order valence-electron chi connectivity index (χ3n) is 4.72. The Morgan fingerprint density at radius 1 is 1.19 bits per heavy atom. The average molecular weight is 296 g/mol. The van der Waals surface area contributed by atoms with Crippen molar-refractivity contribution in [1.29, 1.82) is 0 Å². The van der Waals surface area contributed by atoms with Crippen LogP contribution in [0.1, 0.15) is 73.6 Å². The van der Waals surface area contributed by atoms with Crippen LogP contribution in [0.2, 0.25) is 0 Å². The van der Waals surface area contributed by atoms with Crippen LogP contribution < -0.4 is 5.32 Å². The predicted molar refractivity (Wildman–Crippen MR) is 85.9 cm³/mol. The summed E-state index contributed by atoms with van der Waals surface area (Å²) in [5.74, 6) is 0.756. The quantitative estimate of drug-likeness (QED) is 0.785. The summed E-state index contributed by atoms with van der Waals surface area (Å²) in [6.07, 6.45) is 4.53. The molecule has 1 saturated heterocycles. The standard InChI is InChI=1S/C17H32N2O2/c1-7-14-15(20)18-17(6,8-2)16(21)19(14)13(5)11-9-10-12(3)4/h12-14H,7-11H2,1-6H3,(H,18,20). The molecule has 0 aromatic heterocycles. The summed E-state index contributed by atoms with van der Waals surface area (Å²) >= 11 is 0. The zero-order chi connectivity index (χ0) is 16.2. The van der Waals surface area contributed by atoms with E-state index in [1.807, 2.05) is 25.7 Å². The second-order valence-corrected chi connectivity index (χ2v) is 6.99. The number of rotatable bonds is 7. The molecule has 1 N–H and O–H groups in total. The maximum Gasteiger partial charge on any atom is 0.248 e. The van der Waals surface area contributed by atoms with Crippen molar-refractivity contribution >= 4 is 11.8 Å². The van der Waals surface area contributed by atoms with E-state index in [2.05, 4.69) is 26.1 Å². The highest BCUT2D eigenvalue weighted by atomic mass is 16.2. The van der Waals surface area contributed by atoms with Crippen LogP contribution >= 0.6 is 0 Å². The van der Waals surface area contributed by atoms with E-state index in [4.69, 9.17) is 0 Å². The Hall–Kier alpha value is -1.06. The van der Waals surface area contributed by atoms with Crippen molar-refractivity contribution < 1.29 is 9.59 Å². The number of hydrogen-bond acceptors (Lipinski definition) is 2. The topological polar surface area (TPSA) is 49.4 Å². The first-order valence-corrected chi connectivity index (χ1v) is 8.41. The normalized spacial score (nSPS) is 28.0.